The first-order valence-electron chi connectivity index (χ1n) is 10.4. The Bertz CT molecular complexity index is 1230. The summed E-state index contributed by atoms with van der Waals surface area (Å²) in [5.74, 6) is -0.784. The monoisotopic (exact) mass is 519 g/mol. The number of hydrogen-bond acceptors (Lipinski definition) is 4. The van der Waals surface area contributed by atoms with Crippen LogP contribution in [0, 0.1) is 0 Å². The van der Waals surface area contributed by atoms with Gasteiger partial charge in [-0.05, 0) is 47.9 Å². The summed E-state index contributed by atoms with van der Waals surface area (Å²) in [7, 11) is 0. The molecule has 1 N–H and O–H groups in total. The highest BCUT2D eigenvalue weighted by Gasteiger charge is 2.35. The minimum Gasteiger partial charge on any atom is -0.482 e. The van der Waals surface area contributed by atoms with Crippen molar-refractivity contribution in [2.24, 2.45) is 0 Å². The first-order chi connectivity index (χ1) is 16.3. The van der Waals surface area contributed by atoms with Crippen LogP contribution in [-0.4, -0.2) is 35.2 Å². The first kappa shape index (κ1) is 24.2. The molecule has 0 aliphatic carbocycles. The molecule has 1 amide bonds. The molecule has 3 aromatic carbocycles. The van der Waals surface area contributed by atoms with E-state index in [1.54, 1.807) is 41.3 Å². The fourth-order valence-corrected chi connectivity index (χ4v) is 4.61. The van der Waals surface area contributed by atoms with Crippen LogP contribution in [0.4, 0.5) is 4.79 Å². The van der Waals surface area contributed by atoms with Gasteiger partial charge < -0.3 is 14.6 Å². The highest BCUT2D eigenvalue weighted by Crippen LogP contribution is 2.41. The Morgan fingerprint density at radius 1 is 0.971 bits per heavy atom. The van der Waals surface area contributed by atoms with Gasteiger partial charge in [0.25, 0.3) is 0 Å². The lowest BCUT2D eigenvalue weighted by Gasteiger charge is -2.37. The molecule has 0 saturated carbocycles. The van der Waals surface area contributed by atoms with Crippen LogP contribution < -0.4 is 4.74 Å². The number of halogens is 3. The standard InChI is InChI=1S/C25H20Cl3NO5/c26-17-7-8-22(33-14-23(30)31)20(11-17)24-19-4-2-1-3-15(19)9-10-29(24)25(32)34-13-16-5-6-18(27)12-21(16)28/h1-8,11-12,24H,9-10,13-14H2,(H,30,31). The second-order valence-corrected chi connectivity index (χ2v) is 8.98. The number of fused-ring (bicyclic) bond motifs is 1. The molecular formula is C25H20Cl3NO5. The molecule has 176 valence electrons. The maximum atomic E-state index is 13.3. The van der Waals surface area contributed by atoms with Crippen LogP contribution in [0.5, 0.6) is 5.75 Å². The van der Waals surface area contributed by atoms with E-state index in [0.717, 1.165) is 11.1 Å². The molecule has 34 heavy (non-hydrogen) atoms. The third-order valence-electron chi connectivity index (χ3n) is 5.50. The Labute approximate surface area is 211 Å². The summed E-state index contributed by atoms with van der Waals surface area (Å²) < 4.78 is 11.2. The molecule has 1 aliphatic heterocycles. The molecular weight excluding hydrogens is 501 g/mol. The Hall–Kier alpha value is -2.93. The van der Waals surface area contributed by atoms with Crippen molar-refractivity contribution in [3.63, 3.8) is 0 Å². The van der Waals surface area contributed by atoms with Crippen molar-refractivity contribution >= 4 is 46.9 Å². The number of hydrogen-bond donors (Lipinski definition) is 1. The zero-order valence-electron chi connectivity index (χ0n) is 17.8. The Balaban J connectivity index is 1.68. The summed E-state index contributed by atoms with van der Waals surface area (Å²) >= 11 is 18.5. The highest BCUT2D eigenvalue weighted by molar-refractivity contribution is 6.35. The molecule has 0 bridgehead atoms. The van der Waals surface area contributed by atoms with Gasteiger partial charge in [0.1, 0.15) is 12.4 Å². The molecule has 0 aromatic heterocycles. The lowest BCUT2D eigenvalue weighted by atomic mass is 9.88. The average molecular weight is 521 g/mol. The number of carbonyl (C=O) groups excluding carboxylic acids is 1. The zero-order valence-corrected chi connectivity index (χ0v) is 20.1. The Kier molecular flexibility index (Phi) is 7.51. The summed E-state index contributed by atoms with van der Waals surface area (Å²) in [6, 6.07) is 17.0. The molecule has 0 spiro atoms. The van der Waals surface area contributed by atoms with E-state index in [1.165, 1.54) is 0 Å². The Morgan fingerprint density at radius 2 is 1.71 bits per heavy atom. The number of ether oxygens (including phenoxy) is 2. The van der Waals surface area contributed by atoms with Crippen LogP contribution in [0.1, 0.15) is 28.3 Å². The summed E-state index contributed by atoms with van der Waals surface area (Å²) in [6.07, 6.45) is 0.0877. The SMILES string of the molecule is O=C(O)COc1ccc(Cl)cc1C1c2ccccc2CCN1C(=O)OCc1ccc(Cl)cc1Cl. The smallest absolute Gasteiger partial charge is 0.410 e. The molecule has 6 nitrogen and oxygen atoms in total. The summed E-state index contributed by atoms with van der Waals surface area (Å²) in [6.45, 7) is -0.167. The number of aliphatic carboxylic acids is 1. The van der Waals surface area contributed by atoms with Gasteiger partial charge in [0.05, 0.1) is 6.04 Å². The maximum Gasteiger partial charge on any atom is 0.410 e. The van der Waals surface area contributed by atoms with Gasteiger partial charge in [0.15, 0.2) is 6.61 Å². The second kappa shape index (κ2) is 10.6. The molecule has 9 heteroatoms. The predicted octanol–water partition coefficient (Wildman–Crippen LogP) is 6.39. The summed E-state index contributed by atoms with van der Waals surface area (Å²) in [5.41, 5.74) is 3.16. The largest absolute Gasteiger partial charge is 0.482 e. The predicted molar refractivity (Wildman–Crippen MR) is 130 cm³/mol. The third kappa shape index (κ3) is 5.41. The fraction of sp³-hybridized carbons (Fsp3) is 0.200. The molecule has 3 aromatic rings. The van der Waals surface area contributed by atoms with Crippen molar-refractivity contribution < 1.29 is 24.2 Å². The second-order valence-electron chi connectivity index (χ2n) is 7.70. The number of rotatable bonds is 6. The Morgan fingerprint density at radius 3 is 2.47 bits per heavy atom. The maximum absolute atomic E-state index is 13.3. The molecule has 0 radical (unpaired) electrons. The van der Waals surface area contributed by atoms with E-state index >= 15 is 0 Å². The van der Waals surface area contributed by atoms with Gasteiger partial charge in [0.2, 0.25) is 0 Å². The van der Waals surface area contributed by atoms with E-state index in [-0.39, 0.29) is 6.61 Å². The molecule has 4 rings (SSSR count). The van der Waals surface area contributed by atoms with Crippen LogP contribution >= 0.6 is 34.8 Å². The van der Waals surface area contributed by atoms with E-state index in [4.69, 9.17) is 49.4 Å². The molecule has 0 saturated heterocycles. The van der Waals surface area contributed by atoms with E-state index < -0.39 is 24.7 Å². The van der Waals surface area contributed by atoms with Crippen molar-refractivity contribution in [1.82, 2.24) is 4.90 Å². The summed E-state index contributed by atoms with van der Waals surface area (Å²) in [4.78, 5) is 26.0. The van der Waals surface area contributed by atoms with Gasteiger partial charge in [-0.2, -0.15) is 0 Å². The molecule has 0 fully saturated rings. The molecule has 1 atom stereocenters. The number of amides is 1. The minimum atomic E-state index is -1.11. The van der Waals surface area contributed by atoms with E-state index in [1.807, 2.05) is 24.3 Å². The number of carboxylic acids is 1. The van der Waals surface area contributed by atoms with Gasteiger partial charge in [0, 0.05) is 32.7 Å². The zero-order chi connectivity index (χ0) is 24.2. The lowest BCUT2D eigenvalue weighted by Crippen LogP contribution is -2.41. The average Bonchev–Trinajstić information content (AvgIpc) is 2.81. The van der Waals surface area contributed by atoms with Crippen molar-refractivity contribution in [3.05, 3.63) is 98.0 Å². The van der Waals surface area contributed by atoms with Crippen LogP contribution in [0.25, 0.3) is 0 Å². The van der Waals surface area contributed by atoms with Crippen LogP contribution in [-0.2, 0) is 22.6 Å². The van der Waals surface area contributed by atoms with Crippen molar-refractivity contribution in [2.45, 2.75) is 19.1 Å². The van der Waals surface area contributed by atoms with Crippen LogP contribution in [0.2, 0.25) is 15.1 Å². The van der Waals surface area contributed by atoms with Gasteiger partial charge in [-0.3, -0.25) is 4.90 Å². The third-order valence-corrected chi connectivity index (χ3v) is 6.32. The number of benzene rings is 3. The van der Waals surface area contributed by atoms with Crippen molar-refractivity contribution in [3.8, 4) is 5.75 Å². The van der Waals surface area contributed by atoms with Crippen molar-refractivity contribution in [1.29, 1.82) is 0 Å². The first-order valence-corrected chi connectivity index (χ1v) is 11.6. The number of carboxylic acid groups (broad SMARTS) is 1. The number of carbonyl (C=O) groups is 2. The quantitative estimate of drug-likeness (QED) is 0.407. The van der Waals surface area contributed by atoms with Crippen LogP contribution in [0.15, 0.2) is 60.7 Å². The van der Waals surface area contributed by atoms with Crippen LogP contribution in [0.3, 0.4) is 0 Å². The topological polar surface area (TPSA) is 76.1 Å². The van der Waals surface area contributed by atoms with Gasteiger partial charge in [-0.25, -0.2) is 9.59 Å². The number of nitrogens with zero attached hydrogens (tertiary/aromatic N) is 1. The van der Waals surface area contributed by atoms with Gasteiger partial charge >= 0.3 is 12.1 Å². The van der Waals surface area contributed by atoms with E-state index in [0.29, 0.717) is 44.9 Å². The summed E-state index contributed by atoms with van der Waals surface area (Å²) in [5, 5.41) is 10.4. The lowest BCUT2D eigenvalue weighted by molar-refractivity contribution is -0.139. The van der Waals surface area contributed by atoms with Gasteiger partial charge in [-0.1, -0.05) is 65.1 Å². The van der Waals surface area contributed by atoms with E-state index in [2.05, 4.69) is 0 Å². The fourth-order valence-electron chi connectivity index (χ4n) is 3.96. The van der Waals surface area contributed by atoms with Gasteiger partial charge in [-0.15, -0.1) is 0 Å². The minimum absolute atomic E-state index is 0.0301. The molecule has 1 heterocycles. The normalized spacial score (nSPS) is 14.9. The molecule has 1 aliphatic rings. The molecule has 1 unspecified atom stereocenters. The van der Waals surface area contributed by atoms with Crippen molar-refractivity contribution in [2.75, 3.05) is 13.2 Å². The van der Waals surface area contributed by atoms with E-state index in [9.17, 15) is 9.59 Å². The highest BCUT2D eigenvalue weighted by atomic mass is 35.5.